The third-order valence-corrected chi connectivity index (χ3v) is 4.18. The van der Waals surface area contributed by atoms with E-state index in [2.05, 4.69) is 35.5 Å². The predicted octanol–water partition coefficient (Wildman–Crippen LogP) is 3.22. The third-order valence-electron chi connectivity index (χ3n) is 3.18. The standard InChI is InChI=1S/C16H23N3OS/c1-4-7-17-9-13-5-6-16(20-3)14(8-13)12-21-15-10-18-19(2)11-15/h5-6,8,10-11,17H,4,7,9,12H2,1-3H3. The van der Waals surface area contributed by atoms with Crippen molar-refractivity contribution in [1.29, 1.82) is 0 Å². The van der Waals surface area contributed by atoms with Gasteiger partial charge in [-0.2, -0.15) is 5.10 Å². The van der Waals surface area contributed by atoms with Crippen molar-refractivity contribution in [2.45, 2.75) is 30.5 Å². The van der Waals surface area contributed by atoms with E-state index in [4.69, 9.17) is 4.74 Å². The second kappa shape index (κ2) is 8.10. The molecule has 0 aliphatic heterocycles. The topological polar surface area (TPSA) is 39.1 Å². The molecule has 4 nitrogen and oxygen atoms in total. The number of benzene rings is 1. The van der Waals surface area contributed by atoms with Crippen molar-refractivity contribution in [3.05, 3.63) is 41.7 Å². The molecule has 2 rings (SSSR count). The van der Waals surface area contributed by atoms with Gasteiger partial charge in [0.25, 0.3) is 0 Å². The quantitative estimate of drug-likeness (QED) is 0.600. The molecular weight excluding hydrogens is 282 g/mol. The summed E-state index contributed by atoms with van der Waals surface area (Å²) >= 11 is 1.78. The summed E-state index contributed by atoms with van der Waals surface area (Å²) in [6.45, 7) is 4.13. The normalized spacial score (nSPS) is 10.8. The number of hydrogen-bond donors (Lipinski definition) is 1. The summed E-state index contributed by atoms with van der Waals surface area (Å²) in [7, 11) is 3.66. The number of nitrogens with one attached hydrogen (secondary N) is 1. The first-order valence-corrected chi connectivity index (χ1v) is 8.19. The highest BCUT2D eigenvalue weighted by Gasteiger charge is 2.06. The average Bonchev–Trinajstić information content (AvgIpc) is 2.91. The van der Waals surface area contributed by atoms with Crippen molar-refractivity contribution in [2.24, 2.45) is 7.05 Å². The van der Waals surface area contributed by atoms with E-state index in [0.717, 1.165) is 31.0 Å². The lowest BCUT2D eigenvalue weighted by molar-refractivity contribution is 0.411. The average molecular weight is 305 g/mol. The molecule has 0 amide bonds. The van der Waals surface area contributed by atoms with Crippen molar-refractivity contribution in [2.75, 3.05) is 13.7 Å². The fourth-order valence-electron chi connectivity index (χ4n) is 2.10. The molecule has 0 saturated heterocycles. The number of rotatable bonds is 8. The molecule has 0 saturated carbocycles. The summed E-state index contributed by atoms with van der Waals surface area (Å²) in [6, 6.07) is 6.41. The minimum atomic E-state index is 0.885. The fourth-order valence-corrected chi connectivity index (χ4v) is 3.00. The number of nitrogens with zero attached hydrogens (tertiary/aromatic N) is 2. The molecule has 0 aliphatic carbocycles. The minimum absolute atomic E-state index is 0.885. The number of ether oxygens (including phenoxy) is 1. The van der Waals surface area contributed by atoms with Gasteiger partial charge in [0.2, 0.25) is 0 Å². The maximum atomic E-state index is 5.47. The summed E-state index contributed by atoms with van der Waals surface area (Å²) in [5.41, 5.74) is 2.52. The molecule has 0 aliphatic rings. The van der Waals surface area contributed by atoms with Crippen LogP contribution in [-0.4, -0.2) is 23.4 Å². The molecule has 0 bridgehead atoms. The fraction of sp³-hybridized carbons (Fsp3) is 0.438. The van der Waals surface area contributed by atoms with Crippen LogP contribution in [0.25, 0.3) is 0 Å². The largest absolute Gasteiger partial charge is 0.496 e. The zero-order valence-corrected chi connectivity index (χ0v) is 13.7. The first-order chi connectivity index (χ1) is 10.2. The van der Waals surface area contributed by atoms with E-state index in [1.807, 2.05) is 24.1 Å². The monoisotopic (exact) mass is 305 g/mol. The summed E-state index contributed by atoms with van der Waals surface area (Å²) in [6.07, 6.45) is 5.08. The maximum Gasteiger partial charge on any atom is 0.122 e. The van der Waals surface area contributed by atoms with Crippen molar-refractivity contribution < 1.29 is 4.74 Å². The Hall–Kier alpha value is -1.46. The van der Waals surface area contributed by atoms with Gasteiger partial charge in [0.05, 0.1) is 13.3 Å². The summed E-state index contributed by atoms with van der Waals surface area (Å²) in [5, 5.41) is 7.63. The van der Waals surface area contributed by atoms with Gasteiger partial charge < -0.3 is 10.1 Å². The van der Waals surface area contributed by atoms with E-state index >= 15 is 0 Å². The van der Waals surface area contributed by atoms with Gasteiger partial charge in [0.1, 0.15) is 5.75 Å². The van der Waals surface area contributed by atoms with Gasteiger partial charge in [-0.05, 0) is 30.7 Å². The van der Waals surface area contributed by atoms with Gasteiger partial charge in [0, 0.05) is 36.0 Å². The molecule has 1 N–H and O–H groups in total. The van der Waals surface area contributed by atoms with E-state index in [9.17, 15) is 0 Å². The number of methoxy groups -OCH3 is 1. The third kappa shape index (κ3) is 4.79. The first-order valence-electron chi connectivity index (χ1n) is 7.21. The molecule has 0 fully saturated rings. The summed E-state index contributed by atoms with van der Waals surface area (Å²) in [4.78, 5) is 1.18. The van der Waals surface area contributed by atoms with Gasteiger partial charge in [-0.3, -0.25) is 4.68 Å². The van der Waals surface area contributed by atoms with Crippen molar-refractivity contribution in [1.82, 2.24) is 15.1 Å². The van der Waals surface area contributed by atoms with Crippen LogP contribution in [0.15, 0.2) is 35.5 Å². The van der Waals surface area contributed by atoms with E-state index in [-0.39, 0.29) is 0 Å². The Balaban J connectivity index is 2.02. The lowest BCUT2D eigenvalue weighted by atomic mass is 10.1. The zero-order valence-electron chi connectivity index (χ0n) is 12.9. The summed E-state index contributed by atoms with van der Waals surface area (Å²) in [5.74, 6) is 1.84. The maximum absolute atomic E-state index is 5.47. The Kier molecular flexibility index (Phi) is 6.14. The van der Waals surface area contributed by atoms with E-state index in [0.29, 0.717) is 0 Å². The van der Waals surface area contributed by atoms with Crippen LogP contribution < -0.4 is 10.1 Å². The smallest absolute Gasteiger partial charge is 0.122 e. The van der Waals surface area contributed by atoms with Crippen LogP contribution in [0.1, 0.15) is 24.5 Å². The Morgan fingerprint density at radius 3 is 2.90 bits per heavy atom. The SMILES string of the molecule is CCCNCc1ccc(OC)c(CSc2cnn(C)c2)c1. The minimum Gasteiger partial charge on any atom is -0.496 e. The van der Waals surface area contributed by atoms with Crippen molar-refractivity contribution >= 4 is 11.8 Å². The van der Waals surface area contributed by atoms with Crippen LogP contribution in [0.3, 0.4) is 0 Å². The Labute approximate surface area is 130 Å². The van der Waals surface area contributed by atoms with E-state index < -0.39 is 0 Å². The highest BCUT2D eigenvalue weighted by Crippen LogP contribution is 2.28. The number of aryl methyl sites for hydroxylation is 1. The van der Waals surface area contributed by atoms with Gasteiger partial charge in [-0.15, -0.1) is 11.8 Å². The van der Waals surface area contributed by atoms with Crippen LogP contribution >= 0.6 is 11.8 Å². The summed E-state index contributed by atoms with van der Waals surface area (Å²) < 4.78 is 7.29. The molecule has 114 valence electrons. The van der Waals surface area contributed by atoms with Gasteiger partial charge in [0.15, 0.2) is 0 Å². The number of thioether (sulfide) groups is 1. The lowest BCUT2D eigenvalue weighted by Crippen LogP contribution is -2.13. The molecule has 0 atom stereocenters. The highest BCUT2D eigenvalue weighted by molar-refractivity contribution is 7.98. The van der Waals surface area contributed by atoms with Gasteiger partial charge in [-0.25, -0.2) is 0 Å². The molecule has 2 aromatic rings. The first kappa shape index (κ1) is 15.9. The van der Waals surface area contributed by atoms with Crippen LogP contribution in [0, 0.1) is 0 Å². The van der Waals surface area contributed by atoms with E-state index in [1.54, 1.807) is 18.9 Å². The van der Waals surface area contributed by atoms with Gasteiger partial charge in [-0.1, -0.05) is 13.0 Å². The van der Waals surface area contributed by atoms with Crippen LogP contribution in [-0.2, 0) is 19.3 Å². The zero-order chi connectivity index (χ0) is 15.1. The van der Waals surface area contributed by atoms with Crippen molar-refractivity contribution in [3.8, 4) is 5.75 Å². The number of hydrogen-bond acceptors (Lipinski definition) is 4. The number of aromatic nitrogens is 2. The molecule has 5 heteroatoms. The van der Waals surface area contributed by atoms with E-state index in [1.165, 1.54) is 16.0 Å². The van der Waals surface area contributed by atoms with Crippen molar-refractivity contribution in [3.63, 3.8) is 0 Å². The van der Waals surface area contributed by atoms with Crippen LogP contribution in [0.4, 0.5) is 0 Å². The van der Waals surface area contributed by atoms with Crippen LogP contribution in [0.5, 0.6) is 5.75 Å². The second-order valence-corrected chi connectivity index (χ2v) is 6.01. The molecule has 0 radical (unpaired) electrons. The molecule has 21 heavy (non-hydrogen) atoms. The lowest BCUT2D eigenvalue weighted by Gasteiger charge is -2.11. The second-order valence-electron chi connectivity index (χ2n) is 4.96. The molecule has 1 aromatic carbocycles. The molecule has 0 spiro atoms. The van der Waals surface area contributed by atoms with Gasteiger partial charge >= 0.3 is 0 Å². The molecule has 1 heterocycles. The Morgan fingerprint density at radius 1 is 1.38 bits per heavy atom. The molecule has 1 aromatic heterocycles. The molecule has 0 unspecified atom stereocenters. The Bertz CT molecular complexity index is 568. The Morgan fingerprint density at radius 2 is 2.24 bits per heavy atom. The van der Waals surface area contributed by atoms with Crippen LogP contribution in [0.2, 0.25) is 0 Å². The molecular formula is C16H23N3OS. The highest BCUT2D eigenvalue weighted by atomic mass is 32.2. The predicted molar refractivity (Wildman–Crippen MR) is 87.8 cm³/mol.